The van der Waals surface area contributed by atoms with Crippen LogP contribution in [0.4, 0.5) is 5.69 Å². The maximum absolute atomic E-state index is 12.6. The van der Waals surface area contributed by atoms with Crippen LogP contribution in [0.5, 0.6) is 0 Å². The summed E-state index contributed by atoms with van der Waals surface area (Å²) in [4.78, 5) is 0.725. The Hall–Kier alpha value is -2.16. The molecule has 24 heavy (non-hydrogen) atoms. The van der Waals surface area contributed by atoms with Crippen LogP contribution in [0.3, 0.4) is 0 Å². The lowest BCUT2D eigenvalue weighted by Crippen LogP contribution is -2.23. The van der Waals surface area contributed by atoms with Crippen molar-refractivity contribution in [3.8, 4) is 10.6 Å². The smallest absolute Gasteiger partial charge is 0.271 e. The first kappa shape index (κ1) is 15.4. The Bertz CT molecular complexity index is 962. The Morgan fingerprint density at radius 1 is 1.17 bits per heavy atom. The number of benzene rings is 1. The van der Waals surface area contributed by atoms with Crippen molar-refractivity contribution in [3.05, 3.63) is 53.7 Å². The van der Waals surface area contributed by atoms with E-state index in [4.69, 9.17) is 4.52 Å². The summed E-state index contributed by atoms with van der Waals surface area (Å²) in [5, 5.41) is 6.93. The van der Waals surface area contributed by atoms with Gasteiger partial charge >= 0.3 is 0 Å². The van der Waals surface area contributed by atoms with Gasteiger partial charge in [0.2, 0.25) is 0 Å². The number of nitrogens with one attached hydrogen (secondary N) is 2. The summed E-state index contributed by atoms with van der Waals surface area (Å²) in [6.07, 6.45) is 2.50. The van der Waals surface area contributed by atoms with Crippen molar-refractivity contribution in [2.75, 3.05) is 11.3 Å². The zero-order chi connectivity index (χ0) is 16.6. The molecule has 0 radical (unpaired) electrons. The average molecular weight is 361 g/mol. The van der Waals surface area contributed by atoms with E-state index >= 15 is 0 Å². The van der Waals surface area contributed by atoms with Gasteiger partial charge in [-0.2, -0.15) is 0 Å². The molecule has 0 aliphatic carbocycles. The van der Waals surface area contributed by atoms with Crippen molar-refractivity contribution in [2.45, 2.75) is 17.2 Å². The van der Waals surface area contributed by atoms with Crippen molar-refractivity contribution in [1.29, 1.82) is 0 Å². The van der Waals surface area contributed by atoms with Gasteiger partial charge in [0.1, 0.15) is 4.21 Å². The summed E-state index contributed by atoms with van der Waals surface area (Å²) in [5.74, 6) is 0.557. The van der Waals surface area contributed by atoms with Crippen LogP contribution in [0.1, 0.15) is 11.1 Å². The first-order valence-electron chi connectivity index (χ1n) is 7.48. The molecule has 3 heterocycles. The van der Waals surface area contributed by atoms with E-state index < -0.39 is 10.0 Å². The fourth-order valence-corrected chi connectivity index (χ4v) is 5.00. The van der Waals surface area contributed by atoms with Crippen LogP contribution in [0.25, 0.3) is 10.6 Å². The van der Waals surface area contributed by atoms with Crippen molar-refractivity contribution < 1.29 is 12.9 Å². The first-order chi connectivity index (χ1) is 11.6. The molecule has 0 saturated heterocycles. The van der Waals surface area contributed by atoms with E-state index in [2.05, 4.69) is 15.2 Å². The van der Waals surface area contributed by atoms with Gasteiger partial charge in [0.05, 0.1) is 11.1 Å². The fraction of sp³-hybridized carbons (Fsp3) is 0.188. The molecular formula is C16H15N3O3S2. The minimum Gasteiger partial charge on any atom is -0.355 e. The van der Waals surface area contributed by atoms with E-state index in [9.17, 15) is 8.42 Å². The number of fused-ring (bicyclic) bond motifs is 1. The SMILES string of the molecule is O=S(=O)(Nc1ccc2c(c1)CNCC2)c1ccc(-c2ccno2)s1. The highest BCUT2D eigenvalue weighted by Gasteiger charge is 2.19. The van der Waals surface area contributed by atoms with Gasteiger partial charge in [0.25, 0.3) is 10.0 Å². The van der Waals surface area contributed by atoms with E-state index in [0.29, 0.717) is 11.4 Å². The molecule has 0 saturated carbocycles. The molecule has 1 aliphatic heterocycles. The predicted octanol–water partition coefficient (Wildman–Crippen LogP) is 2.85. The Kier molecular flexibility index (Phi) is 3.87. The molecule has 3 aromatic rings. The maximum Gasteiger partial charge on any atom is 0.271 e. The summed E-state index contributed by atoms with van der Waals surface area (Å²) in [6, 6.07) is 10.7. The minimum atomic E-state index is -3.62. The molecule has 2 aromatic heterocycles. The molecule has 0 amide bonds. The fourth-order valence-electron chi connectivity index (χ4n) is 2.69. The summed E-state index contributed by atoms with van der Waals surface area (Å²) in [7, 11) is -3.62. The normalized spacial score (nSPS) is 14.3. The quantitative estimate of drug-likeness (QED) is 0.746. The van der Waals surface area contributed by atoms with Crippen LogP contribution in [0.2, 0.25) is 0 Å². The molecular weight excluding hydrogens is 346 g/mol. The van der Waals surface area contributed by atoms with Crippen molar-refractivity contribution >= 4 is 27.0 Å². The highest BCUT2D eigenvalue weighted by molar-refractivity contribution is 7.94. The number of thiophene rings is 1. The molecule has 1 aromatic carbocycles. The molecule has 0 fully saturated rings. The second kappa shape index (κ2) is 6.04. The molecule has 0 unspecified atom stereocenters. The van der Waals surface area contributed by atoms with E-state index in [1.807, 2.05) is 18.2 Å². The Balaban J connectivity index is 1.59. The number of hydrogen-bond donors (Lipinski definition) is 2. The second-order valence-electron chi connectivity index (χ2n) is 5.51. The third kappa shape index (κ3) is 2.95. The Morgan fingerprint density at radius 2 is 2.08 bits per heavy atom. The molecule has 6 nitrogen and oxygen atoms in total. The van der Waals surface area contributed by atoms with Gasteiger partial charge in [-0.25, -0.2) is 8.42 Å². The van der Waals surface area contributed by atoms with Crippen molar-refractivity contribution in [1.82, 2.24) is 10.5 Å². The van der Waals surface area contributed by atoms with Crippen molar-refractivity contribution in [3.63, 3.8) is 0 Å². The van der Waals surface area contributed by atoms with Gasteiger partial charge in [-0.3, -0.25) is 4.72 Å². The van der Waals surface area contributed by atoms with Crippen LogP contribution in [-0.4, -0.2) is 20.1 Å². The zero-order valence-corrected chi connectivity index (χ0v) is 14.3. The lowest BCUT2D eigenvalue weighted by Gasteiger charge is -2.18. The highest BCUT2D eigenvalue weighted by atomic mass is 32.2. The minimum absolute atomic E-state index is 0.241. The first-order valence-corrected chi connectivity index (χ1v) is 9.78. The molecule has 0 bridgehead atoms. The van der Waals surface area contributed by atoms with Gasteiger partial charge in [0.15, 0.2) is 5.76 Å². The van der Waals surface area contributed by atoms with Gasteiger partial charge in [-0.1, -0.05) is 11.2 Å². The largest absolute Gasteiger partial charge is 0.355 e. The predicted molar refractivity (Wildman–Crippen MR) is 92.5 cm³/mol. The summed E-state index contributed by atoms with van der Waals surface area (Å²) >= 11 is 1.15. The third-order valence-corrected chi connectivity index (χ3v) is 6.84. The molecule has 2 N–H and O–H groups in total. The molecule has 0 atom stereocenters. The van der Waals surface area contributed by atoms with Crippen LogP contribution in [0, 0.1) is 0 Å². The molecule has 1 aliphatic rings. The number of anilines is 1. The molecule has 4 rings (SSSR count). The number of sulfonamides is 1. The van der Waals surface area contributed by atoms with Gasteiger partial charge < -0.3 is 9.84 Å². The van der Waals surface area contributed by atoms with E-state index in [1.165, 1.54) is 11.8 Å². The van der Waals surface area contributed by atoms with E-state index in [-0.39, 0.29) is 4.21 Å². The highest BCUT2D eigenvalue weighted by Crippen LogP contribution is 2.31. The number of rotatable bonds is 4. The summed E-state index contributed by atoms with van der Waals surface area (Å²) in [6.45, 7) is 1.72. The van der Waals surface area contributed by atoms with Crippen molar-refractivity contribution in [2.24, 2.45) is 0 Å². The lowest BCUT2D eigenvalue weighted by atomic mass is 10.0. The second-order valence-corrected chi connectivity index (χ2v) is 8.50. The number of aromatic nitrogens is 1. The Morgan fingerprint density at radius 3 is 2.92 bits per heavy atom. The lowest BCUT2D eigenvalue weighted by molar-refractivity contribution is 0.433. The standard InChI is InChI=1S/C16H15N3O3S2/c20-24(21,16-4-3-15(23-16)14-6-8-18-22-14)19-13-2-1-11-5-7-17-10-12(11)9-13/h1-4,6,8-9,17,19H,5,7,10H2. The molecule has 124 valence electrons. The van der Waals surface area contributed by atoms with Gasteiger partial charge in [0, 0.05) is 18.3 Å². The van der Waals surface area contributed by atoms with Gasteiger partial charge in [-0.15, -0.1) is 11.3 Å². The summed E-state index contributed by atoms with van der Waals surface area (Å²) in [5.41, 5.74) is 2.97. The maximum atomic E-state index is 12.6. The van der Waals surface area contributed by atoms with Crippen LogP contribution < -0.4 is 10.0 Å². The van der Waals surface area contributed by atoms with E-state index in [0.717, 1.165) is 41.3 Å². The molecule has 0 spiro atoms. The molecule has 8 heteroatoms. The number of hydrogen-bond acceptors (Lipinski definition) is 6. The third-order valence-electron chi connectivity index (χ3n) is 3.87. The number of nitrogens with zero attached hydrogens (tertiary/aromatic N) is 1. The monoisotopic (exact) mass is 361 g/mol. The summed E-state index contributed by atoms with van der Waals surface area (Å²) < 4.78 is 33.1. The zero-order valence-electron chi connectivity index (χ0n) is 12.7. The van der Waals surface area contributed by atoms with Crippen LogP contribution in [-0.2, 0) is 23.0 Å². The van der Waals surface area contributed by atoms with Crippen LogP contribution in [0.15, 0.2) is 51.3 Å². The average Bonchev–Trinajstić information content (AvgIpc) is 3.25. The Labute approximate surface area is 143 Å². The van der Waals surface area contributed by atoms with Gasteiger partial charge in [-0.05, 0) is 48.4 Å². The topological polar surface area (TPSA) is 84.2 Å². The van der Waals surface area contributed by atoms with E-state index in [1.54, 1.807) is 18.2 Å². The van der Waals surface area contributed by atoms with Crippen LogP contribution >= 0.6 is 11.3 Å².